The van der Waals surface area contributed by atoms with Gasteiger partial charge in [-0.1, -0.05) is 27.5 Å². The van der Waals surface area contributed by atoms with Gasteiger partial charge in [-0.2, -0.15) is 0 Å². The maximum absolute atomic E-state index is 11.7. The summed E-state index contributed by atoms with van der Waals surface area (Å²) < 4.78 is 5.59. The molecular weight excluding hydrogens is 341 g/mol. The Morgan fingerprint density at radius 3 is 2.56 bits per heavy atom. The van der Waals surface area contributed by atoms with Crippen LogP contribution in [0.15, 0.2) is 22.7 Å². The second-order valence-electron chi connectivity index (χ2n) is 4.36. The lowest BCUT2D eigenvalue weighted by Gasteiger charge is -2.29. The zero-order valence-electron chi connectivity index (χ0n) is 10.4. The van der Waals surface area contributed by atoms with E-state index in [1.807, 2.05) is 6.07 Å². The van der Waals surface area contributed by atoms with Gasteiger partial charge in [0.05, 0.1) is 12.5 Å². The number of esters is 1. The van der Waals surface area contributed by atoms with Gasteiger partial charge >= 0.3 is 5.97 Å². The van der Waals surface area contributed by atoms with Crippen molar-refractivity contribution >= 4 is 45.9 Å². The summed E-state index contributed by atoms with van der Waals surface area (Å²) in [5.41, 5.74) is 6.10. The molecule has 0 aliphatic rings. The van der Waals surface area contributed by atoms with E-state index < -0.39 is 11.5 Å². The van der Waals surface area contributed by atoms with Crippen LogP contribution in [0.1, 0.15) is 25.5 Å². The van der Waals surface area contributed by atoms with Crippen LogP contribution in [-0.2, 0) is 9.53 Å². The first-order valence-corrected chi connectivity index (χ1v) is 6.26. The Labute approximate surface area is 127 Å². The first-order valence-electron chi connectivity index (χ1n) is 5.09. The molecule has 18 heavy (non-hydrogen) atoms. The highest BCUT2D eigenvalue weighted by molar-refractivity contribution is 9.10. The van der Waals surface area contributed by atoms with E-state index in [1.165, 1.54) is 7.11 Å². The highest BCUT2D eigenvalue weighted by Gasteiger charge is 2.37. The number of rotatable bonds is 3. The molecule has 1 aromatic carbocycles. The average molecular weight is 357 g/mol. The normalized spacial score (nSPS) is 12.6. The number of carbonyl (C=O) groups excluding carboxylic acids is 1. The van der Waals surface area contributed by atoms with Gasteiger partial charge in [-0.05, 0) is 37.6 Å². The van der Waals surface area contributed by atoms with Crippen molar-refractivity contribution in [2.75, 3.05) is 7.11 Å². The minimum atomic E-state index is -0.818. The lowest BCUT2D eigenvalue weighted by molar-refractivity contribution is -0.152. The first-order chi connectivity index (χ1) is 7.80. The van der Waals surface area contributed by atoms with Gasteiger partial charge in [0.15, 0.2) is 0 Å². The van der Waals surface area contributed by atoms with E-state index in [1.54, 1.807) is 26.0 Å². The minimum absolute atomic E-state index is 0. The molecule has 0 saturated heterocycles. The highest BCUT2D eigenvalue weighted by Crippen LogP contribution is 2.37. The monoisotopic (exact) mass is 355 g/mol. The van der Waals surface area contributed by atoms with E-state index in [4.69, 9.17) is 22.1 Å². The molecule has 1 rings (SSSR count). The van der Waals surface area contributed by atoms with Crippen LogP contribution in [0.25, 0.3) is 0 Å². The molecule has 6 heteroatoms. The summed E-state index contributed by atoms with van der Waals surface area (Å²) >= 11 is 9.34. The van der Waals surface area contributed by atoms with Crippen LogP contribution in [0.3, 0.4) is 0 Å². The van der Waals surface area contributed by atoms with Crippen LogP contribution < -0.4 is 5.73 Å². The fraction of sp³-hybridized carbons (Fsp3) is 0.417. The Bertz CT molecular complexity index is 438. The molecule has 0 radical (unpaired) electrons. The zero-order chi connectivity index (χ0) is 13.2. The van der Waals surface area contributed by atoms with Crippen molar-refractivity contribution in [1.29, 1.82) is 0 Å². The first kappa shape index (κ1) is 17.7. The summed E-state index contributed by atoms with van der Waals surface area (Å²) in [7, 11) is 1.35. The molecule has 0 aliphatic heterocycles. The van der Waals surface area contributed by atoms with Crippen LogP contribution in [0.5, 0.6) is 0 Å². The van der Waals surface area contributed by atoms with Crippen molar-refractivity contribution in [2.24, 2.45) is 11.1 Å². The summed E-state index contributed by atoms with van der Waals surface area (Å²) in [5, 5.41) is 0.583. The molecule has 0 bridgehead atoms. The molecule has 0 heterocycles. The Balaban J connectivity index is 0.00000289. The summed E-state index contributed by atoms with van der Waals surface area (Å²) in [4.78, 5) is 11.7. The van der Waals surface area contributed by atoms with Gasteiger partial charge in [-0.3, -0.25) is 4.79 Å². The van der Waals surface area contributed by atoms with Gasteiger partial charge in [0, 0.05) is 15.5 Å². The molecule has 0 spiro atoms. The average Bonchev–Trinajstić information content (AvgIpc) is 2.30. The lowest BCUT2D eigenvalue weighted by atomic mass is 9.81. The van der Waals surface area contributed by atoms with Gasteiger partial charge in [0.2, 0.25) is 0 Å². The van der Waals surface area contributed by atoms with Crippen molar-refractivity contribution < 1.29 is 9.53 Å². The minimum Gasteiger partial charge on any atom is -0.469 e. The number of hydrogen-bond acceptors (Lipinski definition) is 3. The number of carbonyl (C=O) groups is 1. The zero-order valence-corrected chi connectivity index (χ0v) is 13.5. The van der Waals surface area contributed by atoms with E-state index in [2.05, 4.69) is 15.9 Å². The third-order valence-corrected chi connectivity index (χ3v) is 3.74. The second kappa shape index (κ2) is 6.75. The molecule has 0 aromatic heterocycles. The van der Waals surface area contributed by atoms with Crippen LogP contribution in [0.4, 0.5) is 0 Å². The predicted octanol–water partition coefficient (Wildman–Crippen LogP) is 3.72. The fourth-order valence-electron chi connectivity index (χ4n) is 1.53. The summed E-state index contributed by atoms with van der Waals surface area (Å²) in [6.45, 7) is 3.49. The fourth-order valence-corrected chi connectivity index (χ4v) is 2.21. The summed E-state index contributed by atoms with van der Waals surface area (Å²) in [5.74, 6) is -0.350. The highest BCUT2D eigenvalue weighted by atomic mass is 79.9. The Hall–Kier alpha value is -0.290. The Morgan fingerprint density at radius 1 is 1.50 bits per heavy atom. The topological polar surface area (TPSA) is 52.3 Å². The molecule has 2 N–H and O–H groups in total. The van der Waals surface area contributed by atoms with E-state index >= 15 is 0 Å². The molecule has 102 valence electrons. The Morgan fingerprint density at radius 2 is 2.06 bits per heavy atom. The number of halogens is 3. The lowest BCUT2D eigenvalue weighted by Crippen LogP contribution is -2.37. The quantitative estimate of drug-likeness (QED) is 0.839. The predicted molar refractivity (Wildman–Crippen MR) is 79.1 cm³/mol. The number of methoxy groups -OCH3 is 1. The van der Waals surface area contributed by atoms with Crippen molar-refractivity contribution in [1.82, 2.24) is 0 Å². The molecule has 1 atom stereocenters. The standard InChI is InChI=1S/C12H15BrClNO2.ClH/c1-12(2,11(16)17-3)10(15)8-6-7(14)4-5-9(8)13;/h4-6,10H,15H2,1-3H3;1H/t10-;/m1./s1. The molecule has 1 aromatic rings. The maximum atomic E-state index is 11.7. The third-order valence-electron chi connectivity index (χ3n) is 2.78. The van der Waals surface area contributed by atoms with Crippen LogP contribution in [0.2, 0.25) is 5.02 Å². The van der Waals surface area contributed by atoms with Crippen molar-refractivity contribution in [3.63, 3.8) is 0 Å². The second-order valence-corrected chi connectivity index (χ2v) is 5.65. The number of nitrogens with two attached hydrogens (primary N) is 1. The van der Waals surface area contributed by atoms with Crippen LogP contribution in [-0.4, -0.2) is 13.1 Å². The van der Waals surface area contributed by atoms with Crippen molar-refractivity contribution in [3.05, 3.63) is 33.3 Å². The number of ether oxygens (including phenoxy) is 1. The van der Waals surface area contributed by atoms with Crippen LogP contribution >= 0.6 is 39.9 Å². The van der Waals surface area contributed by atoms with Crippen molar-refractivity contribution in [2.45, 2.75) is 19.9 Å². The maximum Gasteiger partial charge on any atom is 0.313 e. The molecule has 0 saturated carbocycles. The van der Waals surface area contributed by atoms with Gasteiger partial charge in [0.1, 0.15) is 0 Å². The summed E-state index contributed by atoms with van der Waals surface area (Å²) in [6.07, 6.45) is 0. The van der Waals surface area contributed by atoms with Gasteiger partial charge in [-0.25, -0.2) is 0 Å². The van der Waals surface area contributed by atoms with E-state index in [0.29, 0.717) is 5.02 Å². The molecular formula is C12H16BrCl2NO2. The largest absolute Gasteiger partial charge is 0.469 e. The van der Waals surface area contributed by atoms with E-state index in [0.717, 1.165) is 10.0 Å². The molecule has 0 amide bonds. The van der Waals surface area contributed by atoms with E-state index in [9.17, 15) is 4.79 Å². The van der Waals surface area contributed by atoms with Crippen molar-refractivity contribution in [3.8, 4) is 0 Å². The molecule has 0 aliphatic carbocycles. The van der Waals surface area contributed by atoms with E-state index in [-0.39, 0.29) is 18.4 Å². The third kappa shape index (κ3) is 3.60. The number of hydrogen-bond donors (Lipinski definition) is 1. The van der Waals surface area contributed by atoms with Gasteiger partial charge < -0.3 is 10.5 Å². The van der Waals surface area contributed by atoms with Gasteiger partial charge in [-0.15, -0.1) is 12.4 Å². The van der Waals surface area contributed by atoms with Crippen LogP contribution in [0, 0.1) is 5.41 Å². The van der Waals surface area contributed by atoms with Gasteiger partial charge in [0.25, 0.3) is 0 Å². The Kier molecular flexibility index (Phi) is 6.65. The SMILES string of the molecule is COC(=O)C(C)(C)[C@H](N)c1cc(Cl)ccc1Br.Cl. The molecule has 0 unspecified atom stereocenters. The smallest absolute Gasteiger partial charge is 0.313 e. The molecule has 3 nitrogen and oxygen atoms in total. The summed E-state index contributed by atoms with van der Waals surface area (Å²) in [6, 6.07) is 4.82. The number of benzene rings is 1. The molecule has 0 fully saturated rings.